The van der Waals surface area contributed by atoms with Crippen LogP contribution < -0.4 is 10.1 Å². The summed E-state index contributed by atoms with van der Waals surface area (Å²) in [5.41, 5.74) is 3.51. The molecule has 25 heavy (non-hydrogen) atoms. The van der Waals surface area contributed by atoms with E-state index in [0.29, 0.717) is 5.25 Å². The molecule has 1 fully saturated rings. The highest BCUT2D eigenvalue weighted by Crippen LogP contribution is 2.36. The number of urea groups is 1. The smallest absolute Gasteiger partial charge is 0.321 e. The van der Waals surface area contributed by atoms with E-state index in [2.05, 4.69) is 36.5 Å². The van der Waals surface area contributed by atoms with Crippen molar-refractivity contribution in [3.63, 3.8) is 0 Å². The molecule has 1 aliphatic rings. The normalized spacial score (nSPS) is 17.7. The van der Waals surface area contributed by atoms with Crippen LogP contribution in [0, 0.1) is 6.92 Å². The van der Waals surface area contributed by atoms with Gasteiger partial charge in [0.15, 0.2) is 0 Å². The largest absolute Gasteiger partial charge is 0.497 e. The number of ether oxygens (including phenoxy) is 1. The number of hydrogen-bond donors (Lipinski definition) is 1. The summed E-state index contributed by atoms with van der Waals surface area (Å²) in [5.74, 6) is 1.74. The van der Waals surface area contributed by atoms with Crippen molar-refractivity contribution >= 4 is 23.5 Å². The topological polar surface area (TPSA) is 41.6 Å². The summed E-state index contributed by atoms with van der Waals surface area (Å²) in [6, 6.07) is 15.9. The molecule has 0 aromatic heterocycles. The molecule has 1 heterocycles. The molecule has 5 heteroatoms. The van der Waals surface area contributed by atoms with E-state index in [9.17, 15) is 4.79 Å². The lowest BCUT2D eigenvalue weighted by Crippen LogP contribution is -2.36. The molecule has 1 saturated heterocycles. The van der Waals surface area contributed by atoms with Gasteiger partial charge in [-0.25, -0.2) is 4.79 Å². The summed E-state index contributed by atoms with van der Waals surface area (Å²) in [4.78, 5) is 14.5. The minimum absolute atomic E-state index is 0.0313. The first-order chi connectivity index (χ1) is 12.2. The van der Waals surface area contributed by atoms with Crippen LogP contribution in [0.25, 0.3) is 0 Å². The zero-order chi connectivity index (χ0) is 17.6. The van der Waals surface area contributed by atoms with Crippen LogP contribution in [0.5, 0.6) is 5.75 Å². The Labute approximate surface area is 153 Å². The van der Waals surface area contributed by atoms with Gasteiger partial charge in [-0.2, -0.15) is 11.8 Å². The van der Waals surface area contributed by atoms with Gasteiger partial charge in [0.2, 0.25) is 0 Å². The molecule has 132 valence electrons. The lowest BCUT2D eigenvalue weighted by Gasteiger charge is -2.21. The number of carbonyl (C=O) groups is 1. The second kappa shape index (κ2) is 8.30. The molecule has 4 nitrogen and oxygen atoms in total. The van der Waals surface area contributed by atoms with Crippen LogP contribution in [0.15, 0.2) is 48.5 Å². The second-order valence-electron chi connectivity index (χ2n) is 6.15. The quantitative estimate of drug-likeness (QED) is 0.865. The van der Waals surface area contributed by atoms with E-state index >= 15 is 0 Å². The molecule has 3 rings (SSSR count). The average Bonchev–Trinajstić information content (AvgIpc) is 2.89. The second-order valence-corrected chi connectivity index (χ2v) is 7.46. The first-order valence-corrected chi connectivity index (χ1v) is 9.59. The number of anilines is 1. The maximum atomic E-state index is 12.6. The molecule has 2 aromatic rings. The van der Waals surface area contributed by atoms with Gasteiger partial charge in [-0.3, -0.25) is 0 Å². The van der Waals surface area contributed by atoms with Crippen molar-refractivity contribution in [1.82, 2.24) is 4.90 Å². The minimum Gasteiger partial charge on any atom is -0.497 e. The van der Waals surface area contributed by atoms with E-state index in [4.69, 9.17) is 4.74 Å². The molecular weight excluding hydrogens is 332 g/mol. The van der Waals surface area contributed by atoms with Gasteiger partial charge in [0.1, 0.15) is 5.75 Å². The van der Waals surface area contributed by atoms with Gasteiger partial charge in [0, 0.05) is 29.8 Å². The minimum atomic E-state index is -0.0313. The van der Waals surface area contributed by atoms with E-state index in [-0.39, 0.29) is 6.03 Å². The Morgan fingerprint density at radius 2 is 1.92 bits per heavy atom. The fraction of sp³-hybridized carbons (Fsp3) is 0.350. The van der Waals surface area contributed by atoms with Crippen molar-refractivity contribution in [1.29, 1.82) is 0 Å². The fourth-order valence-corrected chi connectivity index (χ4v) is 4.37. The third kappa shape index (κ3) is 4.48. The van der Waals surface area contributed by atoms with E-state index in [1.54, 1.807) is 7.11 Å². The first kappa shape index (κ1) is 17.7. The highest BCUT2D eigenvalue weighted by atomic mass is 32.2. The number of rotatable bonds is 3. The Bertz CT molecular complexity index is 718. The van der Waals surface area contributed by atoms with Gasteiger partial charge in [0.05, 0.1) is 7.11 Å². The highest BCUT2D eigenvalue weighted by Gasteiger charge is 2.22. The van der Waals surface area contributed by atoms with E-state index in [1.165, 1.54) is 11.1 Å². The summed E-state index contributed by atoms with van der Waals surface area (Å²) in [6.07, 6.45) is 0.978. The maximum absolute atomic E-state index is 12.6. The van der Waals surface area contributed by atoms with Gasteiger partial charge in [-0.15, -0.1) is 0 Å². The summed E-state index contributed by atoms with van der Waals surface area (Å²) in [5, 5.41) is 3.44. The van der Waals surface area contributed by atoms with Crippen molar-refractivity contribution in [2.75, 3.05) is 31.3 Å². The Balaban J connectivity index is 1.60. The van der Waals surface area contributed by atoms with E-state index in [1.807, 2.05) is 40.9 Å². The standard InChI is InChI=1S/C20H24N2O2S/c1-15-5-3-4-6-18(15)19-11-12-22(13-14-25-19)20(23)21-16-7-9-17(24-2)10-8-16/h3-10,19H,11-14H2,1-2H3,(H,21,23). The molecule has 0 aliphatic carbocycles. The van der Waals surface area contributed by atoms with Crippen molar-refractivity contribution in [2.45, 2.75) is 18.6 Å². The zero-order valence-corrected chi connectivity index (χ0v) is 15.5. The van der Waals surface area contributed by atoms with Gasteiger partial charge < -0.3 is 15.0 Å². The van der Waals surface area contributed by atoms with Crippen molar-refractivity contribution in [2.24, 2.45) is 0 Å². The maximum Gasteiger partial charge on any atom is 0.321 e. The molecule has 2 amide bonds. The van der Waals surface area contributed by atoms with Crippen LogP contribution in [0.1, 0.15) is 22.8 Å². The molecular formula is C20H24N2O2S. The number of methoxy groups -OCH3 is 1. The van der Waals surface area contributed by atoms with Crippen LogP contribution in [0.2, 0.25) is 0 Å². The Kier molecular flexibility index (Phi) is 5.87. The van der Waals surface area contributed by atoms with Crippen LogP contribution in [0.4, 0.5) is 10.5 Å². The number of nitrogens with one attached hydrogen (secondary N) is 1. The predicted octanol–water partition coefficient (Wildman–Crippen LogP) is 4.72. The number of nitrogens with zero attached hydrogens (tertiary/aromatic N) is 1. The summed E-state index contributed by atoms with van der Waals surface area (Å²) >= 11 is 1.95. The highest BCUT2D eigenvalue weighted by molar-refractivity contribution is 7.99. The predicted molar refractivity (Wildman–Crippen MR) is 105 cm³/mol. The van der Waals surface area contributed by atoms with Crippen LogP contribution >= 0.6 is 11.8 Å². The number of benzene rings is 2. The Morgan fingerprint density at radius 3 is 2.64 bits per heavy atom. The Hall–Kier alpha value is -2.14. The van der Waals surface area contributed by atoms with Crippen LogP contribution in [-0.2, 0) is 0 Å². The molecule has 0 spiro atoms. The van der Waals surface area contributed by atoms with Crippen molar-refractivity contribution in [3.8, 4) is 5.75 Å². The number of thioether (sulfide) groups is 1. The van der Waals surface area contributed by atoms with Gasteiger partial charge >= 0.3 is 6.03 Å². The first-order valence-electron chi connectivity index (χ1n) is 8.54. The lowest BCUT2D eigenvalue weighted by atomic mass is 10.0. The van der Waals surface area contributed by atoms with Gasteiger partial charge in [-0.1, -0.05) is 24.3 Å². The number of carbonyl (C=O) groups excluding carboxylic acids is 1. The SMILES string of the molecule is COc1ccc(NC(=O)N2CCSC(c3ccccc3C)CC2)cc1. The Morgan fingerprint density at radius 1 is 1.16 bits per heavy atom. The fourth-order valence-electron chi connectivity index (χ4n) is 3.05. The van der Waals surface area contributed by atoms with Crippen molar-refractivity contribution in [3.05, 3.63) is 59.7 Å². The average molecular weight is 356 g/mol. The van der Waals surface area contributed by atoms with Crippen LogP contribution in [0.3, 0.4) is 0 Å². The molecule has 1 N–H and O–H groups in total. The third-order valence-electron chi connectivity index (χ3n) is 4.51. The monoisotopic (exact) mass is 356 g/mol. The molecule has 0 saturated carbocycles. The third-order valence-corrected chi connectivity index (χ3v) is 5.82. The van der Waals surface area contributed by atoms with Crippen LogP contribution in [-0.4, -0.2) is 36.9 Å². The number of amides is 2. The zero-order valence-electron chi connectivity index (χ0n) is 14.7. The van der Waals surface area contributed by atoms with Gasteiger partial charge in [-0.05, 0) is 48.7 Å². The molecule has 0 bridgehead atoms. The molecule has 1 atom stereocenters. The number of aryl methyl sites for hydroxylation is 1. The van der Waals surface area contributed by atoms with E-state index in [0.717, 1.165) is 36.7 Å². The van der Waals surface area contributed by atoms with E-state index < -0.39 is 0 Å². The summed E-state index contributed by atoms with van der Waals surface area (Å²) < 4.78 is 5.14. The van der Waals surface area contributed by atoms with Crippen molar-refractivity contribution < 1.29 is 9.53 Å². The van der Waals surface area contributed by atoms with Gasteiger partial charge in [0.25, 0.3) is 0 Å². The molecule has 0 radical (unpaired) electrons. The summed E-state index contributed by atoms with van der Waals surface area (Å²) in [7, 11) is 1.63. The molecule has 2 aromatic carbocycles. The molecule has 1 unspecified atom stereocenters. The number of hydrogen-bond acceptors (Lipinski definition) is 3. The lowest BCUT2D eigenvalue weighted by molar-refractivity contribution is 0.215. The molecule has 1 aliphatic heterocycles. The summed E-state index contributed by atoms with van der Waals surface area (Å²) in [6.45, 7) is 3.71.